The molecule has 0 saturated carbocycles. The van der Waals surface area contributed by atoms with E-state index in [9.17, 15) is 24.3 Å². The van der Waals surface area contributed by atoms with Crippen LogP contribution in [-0.2, 0) is 23.8 Å². The minimum absolute atomic E-state index is 0.0815. The summed E-state index contributed by atoms with van der Waals surface area (Å²) in [6.07, 6.45) is -3.99. The van der Waals surface area contributed by atoms with Crippen molar-refractivity contribution in [2.75, 3.05) is 0 Å². The van der Waals surface area contributed by atoms with Gasteiger partial charge in [0, 0.05) is 0 Å². The number of rotatable bonds is 8. The Morgan fingerprint density at radius 3 is 1.69 bits per heavy atom. The van der Waals surface area contributed by atoms with Crippen molar-refractivity contribution in [2.24, 2.45) is 0 Å². The molecule has 2 aromatic rings. The molecule has 0 aliphatic rings. The number of carbonyl (C=O) groups excluding carboxylic acids is 3. The van der Waals surface area contributed by atoms with E-state index in [-0.39, 0.29) is 17.6 Å². The molecule has 8 nitrogen and oxygen atoms in total. The largest absolute Gasteiger partial charge is 0.478 e. The maximum Gasteiger partial charge on any atom is 0.353 e. The average molecular weight is 358 g/mol. The van der Waals surface area contributed by atoms with Crippen LogP contribution in [0.1, 0.15) is 20.7 Å². The molecule has 8 heteroatoms. The highest BCUT2D eigenvalue weighted by Gasteiger charge is 2.37. The predicted molar refractivity (Wildman–Crippen MR) is 86.1 cm³/mol. The number of hydrogen-bond donors (Lipinski definition) is 1. The Bertz CT molecular complexity index is 772. The van der Waals surface area contributed by atoms with Crippen molar-refractivity contribution in [1.29, 1.82) is 0 Å². The van der Waals surface area contributed by atoms with Crippen LogP contribution in [0.5, 0.6) is 0 Å². The van der Waals surface area contributed by atoms with Crippen LogP contribution in [0.15, 0.2) is 60.7 Å². The second kappa shape index (κ2) is 8.97. The van der Waals surface area contributed by atoms with Gasteiger partial charge in [0.1, 0.15) is 0 Å². The molecule has 0 aliphatic heterocycles. The van der Waals surface area contributed by atoms with Gasteiger partial charge >= 0.3 is 17.9 Å². The lowest BCUT2D eigenvalue weighted by Crippen LogP contribution is -2.42. The summed E-state index contributed by atoms with van der Waals surface area (Å²) in [5, 5.41) is 9.29. The molecular formula is C18H14O8. The topological polar surface area (TPSA) is 116 Å². The zero-order valence-electron chi connectivity index (χ0n) is 13.3. The molecule has 2 aromatic carbocycles. The molecule has 0 spiro atoms. The van der Waals surface area contributed by atoms with Crippen molar-refractivity contribution in [3.05, 3.63) is 71.8 Å². The number of esters is 2. The van der Waals surface area contributed by atoms with Gasteiger partial charge in [0.25, 0.3) is 18.9 Å². The summed E-state index contributed by atoms with van der Waals surface area (Å²) in [4.78, 5) is 46.2. The van der Waals surface area contributed by atoms with E-state index in [1.54, 1.807) is 36.4 Å². The second-order valence-corrected chi connectivity index (χ2v) is 4.90. The average Bonchev–Trinajstić information content (AvgIpc) is 2.66. The molecule has 1 unspecified atom stereocenters. The molecule has 134 valence electrons. The van der Waals surface area contributed by atoms with Crippen LogP contribution in [0.2, 0.25) is 0 Å². The zero-order valence-corrected chi connectivity index (χ0v) is 13.3. The summed E-state index contributed by atoms with van der Waals surface area (Å²) in [7, 11) is 0. The summed E-state index contributed by atoms with van der Waals surface area (Å²) in [5.74, 6) is -3.57. The second-order valence-electron chi connectivity index (χ2n) is 4.90. The van der Waals surface area contributed by atoms with Gasteiger partial charge in [0.2, 0.25) is 0 Å². The first kappa shape index (κ1) is 18.7. The van der Waals surface area contributed by atoms with Crippen molar-refractivity contribution in [3.8, 4) is 0 Å². The fourth-order valence-corrected chi connectivity index (χ4v) is 1.94. The van der Waals surface area contributed by atoms with Crippen LogP contribution < -0.4 is 0 Å². The van der Waals surface area contributed by atoms with Gasteiger partial charge in [-0.05, 0) is 24.3 Å². The molecular weight excluding hydrogens is 344 g/mol. The standard InChI is InChI=1S/C18H14O8/c19-11-24-18(26-17(23)13-9-5-2-6-10-13)14(15(20)21)25-16(22)12-7-3-1-4-8-12/h1-11,14,18H,(H,20,21)/t14?,18-/m0/s1. The number of aliphatic carboxylic acids is 1. The van der Waals surface area contributed by atoms with Crippen LogP contribution in [0.3, 0.4) is 0 Å². The summed E-state index contributed by atoms with van der Waals surface area (Å²) in [5.41, 5.74) is 0.184. The number of hydrogen-bond acceptors (Lipinski definition) is 7. The molecule has 26 heavy (non-hydrogen) atoms. The van der Waals surface area contributed by atoms with Crippen molar-refractivity contribution in [3.63, 3.8) is 0 Å². The molecule has 2 rings (SSSR count). The van der Waals surface area contributed by atoms with Crippen LogP contribution in [0, 0.1) is 0 Å². The monoisotopic (exact) mass is 358 g/mol. The SMILES string of the molecule is O=CO[C@@H](OC(=O)c1ccccc1)C(OC(=O)c1ccccc1)C(=O)O. The Morgan fingerprint density at radius 2 is 1.27 bits per heavy atom. The van der Waals surface area contributed by atoms with Crippen LogP contribution in [-0.4, -0.2) is 41.9 Å². The minimum atomic E-state index is -2.04. The molecule has 0 heterocycles. The van der Waals surface area contributed by atoms with Gasteiger partial charge in [-0.3, -0.25) is 4.79 Å². The fourth-order valence-electron chi connectivity index (χ4n) is 1.94. The maximum absolute atomic E-state index is 12.1. The van der Waals surface area contributed by atoms with Crippen molar-refractivity contribution < 1.29 is 38.5 Å². The van der Waals surface area contributed by atoms with Gasteiger partial charge in [-0.15, -0.1) is 0 Å². The highest BCUT2D eigenvalue weighted by atomic mass is 16.7. The third-order valence-electron chi connectivity index (χ3n) is 3.16. The Balaban J connectivity index is 2.17. The van der Waals surface area contributed by atoms with Crippen molar-refractivity contribution >= 4 is 24.4 Å². The minimum Gasteiger partial charge on any atom is -0.478 e. The van der Waals surface area contributed by atoms with Crippen LogP contribution in [0.4, 0.5) is 0 Å². The van der Waals surface area contributed by atoms with Gasteiger partial charge in [-0.2, -0.15) is 0 Å². The van der Waals surface area contributed by atoms with E-state index in [1.165, 1.54) is 24.3 Å². The fraction of sp³-hybridized carbons (Fsp3) is 0.111. The first-order valence-electron chi connectivity index (χ1n) is 7.37. The van der Waals surface area contributed by atoms with E-state index in [2.05, 4.69) is 4.74 Å². The maximum atomic E-state index is 12.1. The smallest absolute Gasteiger partial charge is 0.353 e. The highest BCUT2D eigenvalue weighted by molar-refractivity contribution is 5.92. The first-order chi connectivity index (χ1) is 12.5. The molecule has 2 atom stereocenters. The van der Waals surface area contributed by atoms with E-state index in [1.807, 2.05) is 0 Å². The summed E-state index contributed by atoms with van der Waals surface area (Å²) >= 11 is 0. The first-order valence-corrected chi connectivity index (χ1v) is 7.37. The molecule has 0 aliphatic carbocycles. The van der Waals surface area contributed by atoms with Crippen molar-refractivity contribution in [2.45, 2.75) is 12.4 Å². The molecule has 1 N–H and O–H groups in total. The van der Waals surface area contributed by atoms with Crippen LogP contribution in [0.25, 0.3) is 0 Å². The summed E-state index contributed by atoms with van der Waals surface area (Å²) in [6.45, 7) is -0.102. The van der Waals surface area contributed by atoms with Crippen LogP contribution >= 0.6 is 0 Å². The Kier molecular flexibility index (Phi) is 6.44. The van der Waals surface area contributed by atoms with E-state index in [4.69, 9.17) is 9.47 Å². The third-order valence-corrected chi connectivity index (χ3v) is 3.16. The van der Waals surface area contributed by atoms with Crippen molar-refractivity contribution in [1.82, 2.24) is 0 Å². The molecule has 0 amide bonds. The summed E-state index contributed by atoms with van der Waals surface area (Å²) in [6, 6.07) is 15.2. The van der Waals surface area contributed by atoms with Gasteiger partial charge in [0.05, 0.1) is 11.1 Å². The van der Waals surface area contributed by atoms with Gasteiger partial charge in [-0.1, -0.05) is 36.4 Å². The lowest BCUT2D eigenvalue weighted by atomic mass is 10.2. The molecule has 0 fully saturated rings. The lowest BCUT2D eigenvalue weighted by molar-refractivity contribution is -0.187. The highest BCUT2D eigenvalue weighted by Crippen LogP contribution is 2.13. The van der Waals surface area contributed by atoms with Gasteiger partial charge in [-0.25, -0.2) is 14.4 Å². The number of carbonyl (C=O) groups is 4. The van der Waals surface area contributed by atoms with E-state index < -0.39 is 30.3 Å². The zero-order chi connectivity index (χ0) is 18.9. The molecule has 0 saturated heterocycles. The third kappa shape index (κ3) is 4.91. The van der Waals surface area contributed by atoms with E-state index >= 15 is 0 Å². The van der Waals surface area contributed by atoms with Gasteiger partial charge in [0.15, 0.2) is 0 Å². The van der Waals surface area contributed by atoms with Gasteiger partial charge < -0.3 is 19.3 Å². The lowest BCUT2D eigenvalue weighted by Gasteiger charge is -2.22. The Hall–Kier alpha value is -3.68. The van der Waals surface area contributed by atoms with E-state index in [0.29, 0.717) is 0 Å². The normalized spacial score (nSPS) is 12.3. The molecule has 0 bridgehead atoms. The number of carboxylic acids is 1. The summed E-state index contributed by atoms with van der Waals surface area (Å²) < 4.78 is 14.2. The quantitative estimate of drug-likeness (QED) is 0.430. The molecule has 0 radical (unpaired) electrons. The Labute approximate surface area is 147 Å². The number of benzene rings is 2. The predicted octanol–water partition coefficient (Wildman–Crippen LogP) is 1.65. The number of carboxylic acid groups (broad SMARTS) is 1. The van der Waals surface area contributed by atoms with E-state index in [0.717, 1.165) is 0 Å². The Morgan fingerprint density at radius 1 is 0.808 bits per heavy atom. The number of ether oxygens (including phenoxy) is 3. The molecule has 0 aromatic heterocycles.